The van der Waals surface area contributed by atoms with Gasteiger partial charge in [0.2, 0.25) is 11.8 Å². The highest BCUT2D eigenvalue weighted by Gasteiger charge is 2.22. The molecule has 0 radical (unpaired) electrons. The second kappa shape index (κ2) is 12.9. The second-order valence-electron chi connectivity index (χ2n) is 7.11. The summed E-state index contributed by atoms with van der Waals surface area (Å²) in [6.07, 6.45) is -0.781. The summed E-state index contributed by atoms with van der Waals surface area (Å²) in [4.78, 5) is 51.7. The molecule has 0 saturated carbocycles. The second-order valence-corrected chi connectivity index (χ2v) is 7.11. The van der Waals surface area contributed by atoms with Gasteiger partial charge in [0.05, 0.1) is 14.2 Å². The Hall–Kier alpha value is -3.68. The molecule has 2 amide bonds. The molecule has 0 atom stereocenters. The van der Waals surface area contributed by atoms with Crippen molar-refractivity contribution in [3.8, 4) is 0 Å². The molecule has 0 aliphatic carbocycles. The van der Waals surface area contributed by atoms with E-state index in [1.165, 1.54) is 24.0 Å². The van der Waals surface area contributed by atoms with Crippen LogP contribution in [0.3, 0.4) is 0 Å². The number of amides is 2. The Morgan fingerprint density at radius 1 is 0.625 bits per heavy atom. The maximum Gasteiger partial charge on any atom is 0.315 e. The molecule has 8 nitrogen and oxygen atoms in total. The lowest BCUT2D eigenvalue weighted by Gasteiger charge is -2.28. The number of esters is 2. The van der Waals surface area contributed by atoms with Gasteiger partial charge in [-0.05, 0) is 11.1 Å². The molecule has 0 saturated heterocycles. The third-order valence-electron chi connectivity index (χ3n) is 4.82. The molecular weight excluding hydrogens is 412 g/mol. The van der Waals surface area contributed by atoms with Gasteiger partial charge in [-0.25, -0.2) is 0 Å². The third kappa shape index (κ3) is 8.22. The average Bonchev–Trinajstić information content (AvgIpc) is 2.81. The van der Waals surface area contributed by atoms with Crippen molar-refractivity contribution < 1.29 is 28.7 Å². The van der Waals surface area contributed by atoms with Crippen molar-refractivity contribution in [1.29, 1.82) is 0 Å². The summed E-state index contributed by atoms with van der Waals surface area (Å²) >= 11 is 0. The minimum atomic E-state index is -0.629. The first-order chi connectivity index (χ1) is 15.4. The van der Waals surface area contributed by atoms with Gasteiger partial charge in [0.1, 0.15) is 12.8 Å². The number of hydrogen-bond acceptors (Lipinski definition) is 6. The normalized spacial score (nSPS) is 10.2. The molecule has 32 heavy (non-hydrogen) atoms. The summed E-state index contributed by atoms with van der Waals surface area (Å²) in [7, 11) is 2.45. The number of nitrogens with zero attached hydrogens (tertiary/aromatic N) is 2. The van der Waals surface area contributed by atoms with Crippen LogP contribution in [0.4, 0.5) is 0 Å². The summed E-state index contributed by atoms with van der Waals surface area (Å²) in [6.45, 7) is 0.928. The molecule has 170 valence electrons. The summed E-state index contributed by atoms with van der Waals surface area (Å²) in [5.74, 6) is -2.06. The lowest BCUT2D eigenvalue weighted by atomic mass is 10.2. The van der Waals surface area contributed by atoms with Crippen LogP contribution in [0.1, 0.15) is 24.0 Å². The molecule has 0 fully saturated rings. The van der Waals surface area contributed by atoms with Crippen LogP contribution in [0, 0.1) is 0 Å². The molecule has 0 unspecified atom stereocenters. The van der Waals surface area contributed by atoms with E-state index in [0.29, 0.717) is 0 Å². The first kappa shape index (κ1) is 24.6. The van der Waals surface area contributed by atoms with Crippen LogP contribution < -0.4 is 0 Å². The summed E-state index contributed by atoms with van der Waals surface area (Å²) in [5, 5.41) is 0. The Kier molecular flexibility index (Phi) is 9.90. The molecular formula is C24H28N2O6. The Morgan fingerprint density at radius 3 is 1.28 bits per heavy atom. The largest absolute Gasteiger partial charge is 0.469 e. The van der Waals surface area contributed by atoms with Gasteiger partial charge in [-0.15, -0.1) is 0 Å². The van der Waals surface area contributed by atoms with Crippen LogP contribution in [-0.4, -0.2) is 60.9 Å². The third-order valence-corrected chi connectivity index (χ3v) is 4.82. The number of hydrogen-bond donors (Lipinski definition) is 0. The quantitative estimate of drug-likeness (QED) is 0.393. The maximum absolute atomic E-state index is 12.7. The molecule has 0 heterocycles. The highest BCUT2D eigenvalue weighted by Crippen LogP contribution is 2.10. The molecule has 0 spiro atoms. The van der Waals surface area contributed by atoms with E-state index in [9.17, 15) is 19.2 Å². The monoisotopic (exact) mass is 440 g/mol. The summed E-state index contributed by atoms with van der Waals surface area (Å²) < 4.78 is 9.24. The van der Waals surface area contributed by atoms with Crippen LogP contribution >= 0.6 is 0 Å². The minimum absolute atomic E-state index is 0.185. The first-order valence-corrected chi connectivity index (χ1v) is 10.2. The molecule has 2 rings (SSSR count). The van der Waals surface area contributed by atoms with Gasteiger partial charge < -0.3 is 19.3 Å². The zero-order valence-electron chi connectivity index (χ0n) is 18.4. The number of methoxy groups -OCH3 is 2. The Morgan fingerprint density at radius 2 is 0.969 bits per heavy atom. The fraction of sp³-hybridized carbons (Fsp3) is 0.333. The lowest BCUT2D eigenvalue weighted by Crippen LogP contribution is -2.41. The van der Waals surface area contributed by atoms with Gasteiger partial charge >= 0.3 is 11.9 Å². The van der Waals surface area contributed by atoms with Crippen LogP contribution in [-0.2, 0) is 41.7 Å². The van der Waals surface area contributed by atoms with E-state index in [1.807, 2.05) is 60.7 Å². The van der Waals surface area contributed by atoms with Crippen LogP contribution in [0.2, 0.25) is 0 Å². The van der Waals surface area contributed by atoms with Gasteiger partial charge in [0, 0.05) is 26.2 Å². The van der Waals surface area contributed by atoms with Crippen LogP contribution in [0.25, 0.3) is 0 Å². The number of carbonyl (C=O) groups excluding carboxylic acids is 4. The topological polar surface area (TPSA) is 93.2 Å². The van der Waals surface area contributed by atoms with Crippen molar-refractivity contribution in [2.24, 2.45) is 0 Å². The predicted molar refractivity (Wildman–Crippen MR) is 117 cm³/mol. The first-order valence-electron chi connectivity index (χ1n) is 10.2. The van der Waals surface area contributed by atoms with Crippen molar-refractivity contribution >= 4 is 23.8 Å². The van der Waals surface area contributed by atoms with E-state index in [-0.39, 0.29) is 26.2 Å². The molecule has 2 aromatic carbocycles. The van der Waals surface area contributed by atoms with Crippen molar-refractivity contribution in [3.05, 3.63) is 71.8 Å². The molecule has 0 aliphatic heterocycles. The number of ether oxygens (including phenoxy) is 2. The number of carbonyl (C=O) groups is 4. The van der Waals surface area contributed by atoms with Crippen LogP contribution in [0.5, 0.6) is 0 Å². The minimum Gasteiger partial charge on any atom is -0.469 e. The van der Waals surface area contributed by atoms with E-state index < -0.39 is 36.6 Å². The van der Waals surface area contributed by atoms with Gasteiger partial charge in [0.15, 0.2) is 0 Å². The molecule has 2 aromatic rings. The standard InChI is InChI=1S/C24H28N2O6/c1-31-23(29)15-21(27)25(17-19-9-5-3-6-10-19)13-14-26(22(28)16-24(30)32-2)18-20-11-7-4-8-12-20/h3-12H,13-18H2,1-2H3. The number of benzene rings is 2. The lowest BCUT2D eigenvalue weighted by molar-refractivity contribution is -0.150. The van der Waals surface area contributed by atoms with Crippen molar-refractivity contribution in [1.82, 2.24) is 9.80 Å². The fourth-order valence-corrected chi connectivity index (χ4v) is 3.05. The van der Waals surface area contributed by atoms with Gasteiger partial charge in [0.25, 0.3) is 0 Å². The van der Waals surface area contributed by atoms with Crippen molar-refractivity contribution in [3.63, 3.8) is 0 Å². The smallest absolute Gasteiger partial charge is 0.315 e. The van der Waals surface area contributed by atoms with Crippen molar-refractivity contribution in [2.75, 3.05) is 27.3 Å². The SMILES string of the molecule is COC(=O)CC(=O)N(CCN(Cc1ccccc1)C(=O)CC(=O)OC)Cc1ccccc1. The zero-order valence-corrected chi connectivity index (χ0v) is 18.4. The van der Waals surface area contributed by atoms with E-state index in [1.54, 1.807) is 0 Å². The van der Waals surface area contributed by atoms with Crippen molar-refractivity contribution in [2.45, 2.75) is 25.9 Å². The Balaban J connectivity index is 2.16. The van der Waals surface area contributed by atoms with E-state index >= 15 is 0 Å². The molecule has 0 aromatic heterocycles. The molecule has 0 N–H and O–H groups in total. The van der Waals surface area contributed by atoms with Gasteiger partial charge in [-0.3, -0.25) is 19.2 Å². The van der Waals surface area contributed by atoms with E-state index in [4.69, 9.17) is 0 Å². The average molecular weight is 440 g/mol. The highest BCUT2D eigenvalue weighted by atomic mass is 16.5. The predicted octanol–water partition coefficient (Wildman–Crippen LogP) is 2.17. The maximum atomic E-state index is 12.7. The van der Waals surface area contributed by atoms with E-state index in [2.05, 4.69) is 9.47 Å². The highest BCUT2D eigenvalue weighted by molar-refractivity contribution is 5.95. The molecule has 0 aliphatic rings. The molecule has 0 bridgehead atoms. The number of rotatable bonds is 11. The molecule has 8 heteroatoms. The van der Waals surface area contributed by atoms with Crippen LogP contribution in [0.15, 0.2) is 60.7 Å². The Bertz CT molecular complexity index is 826. The zero-order chi connectivity index (χ0) is 23.3. The summed E-state index contributed by atoms with van der Waals surface area (Å²) in [5.41, 5.74) is 1.78. The van der Waals surface area contributed by atoms with Gasteiger partial charge in [-0.2, -0.15) is 0 Å². The summed E-state index contributed by atoms with van der Waals surface area (Å²) in [6, 6.07) is 18.7. The fourth-order valence-electron chi connectivity index (χ4n) is 3.05. The Labute approximate surface area is 187 Å². The van der Waals surface area contributed by atoms with Gasteiger partial charge in [-0.1, -0.05) is 60.7 Å². The van der Waals surface area contributed by atoms with E-state index in [0.717, 1.165) is 11.1 Å².